The maximum absolute atomic E-state index is 14.2. The smallest absolute Gasteiger partial charge is 0.326 e. The Morgan fingerprint density at radius 1 is 0.595 bits per heavy atom. The minimum atomic E-state index is -1.93. The van der Waals surface area contributed by atoms with Crippen LogP contribution in [0.3, 0.4) is 0 Å². The van der Waals surface area contributed by atoms with Gasteiger partial charge in [0.15, 0.2) is 0 Å². The fourth-order valence-electron chi connectivity index (χ4n) is 8.06. The van der Waals surface area contributed by atoms with Crippen molar-refractivity contribution in [2.75, 3.05) is 12.0 Å². The van der Waals surface area contributed by atoms with E-state index in [0.717, 1.165) is 10.9 Å². The average Bonchev–Trinajstić information content (AvgIpc) is 3.78. The summed E-state index contributed by atoms with van der Waals surface area (Å²) in [4.78, 5) is 161. The molecule has 0 saturated carbocycles. The van der Waals surface area contributed by atoms with Crippen molar-refractivity contribution < 1.29 is 72.9 Å². The van der Waals surface area contributed by atoms with Gasteiger partial charge in [0, 0.05) is 29.9 Å². The Bertz CT molecular complexity index is 2470. The highest BCUT2D eigenvalue weighted by Gasteiger charge is 2.38. The largest absolute Gasteiger partial charge is 0.481 e. The second kappa shape index (κ2) is 33.2. The molecule has 0 unspecified atom stereocenters. The molecule has 0 fully saturated rings. The molecule has 18 N–H and O–H groups in total. The number of amides is 10. The molecule has 0 bridgehead atoms. The lowest BCUT2D eigenvalue weighted by atomic mass is 9.96. The monoisotopic (exact) mass is 1130 g/mol. The highest BCUT2D eigenvalue weighted by molar-refractivity contribution is 7.98. The highest BCUT2D eigenvalue weighted by Crippen LogP contribution is 2.19. The third kappa shape index (κ3) is 22.9. The van der Waals surface area contributed by atoms with Gasteiger partial charge < -0.3 is 80.0 Å². The first-order valence-electron chi connectivity index (χ1n) is 25.9. The Hall–Kier alpha value is -7.33. The summed E-state index contributed by atoms with van der Waals surface area (Å²) in [7, 11) is 0. The van der Waals surface area contributed by atoms with Crippen molar-refractivity contribution in [1.82, 2.24) is 47.5 Å². The van der Waals surface area contributed by atoms with Gasteiger partial charge in [0.25, 0.3) is 0 Å². The molecule has 0 aliphatic heterocycles. The number of aliphatic carboxylic acids is 2. The van der Waals surface area contributed by atoms with E-state index in [1.807, 2.05) is 18.2 Å². The molecule has 0 aliphatic carbocycles. The number of benzene rings is 1. The van der Waals surface area contributed by atoms with E-state index in [9.17, 15) is 72.9 Å². The summed E-state index contributed by atoms with van der Waals surface area (Å²) >= 11 is 1.27. The van der Waals surface area contributed by atoms with Crippen LogP contribution in [-0.4, -0.2) is 164 Å². The highest BCUT2D eigenvalue weighted by atomic mass is 32.2. The number of para-hydroxylation sites is 1. The first kappa shape index (κ1) is 67.8. The molecule has 440 valence electrons. The molecule has 2 aromatic rings. The summed E-state index contributed by atoms with van der Waals surface area (Å²) < 4.78 is 0. The normalized spacial score (nSPS) is 15.5. The molecule has 28 heteroatoms. The fraction of sp³-hybridized carbons (Fsp3) is 0.608. The van der Waals surface area contributed by atoms with Crippen LogP contribution in [0.1, 0.15) is 105 Å². The van der Waals surface area contributed by atoms with Crippen LogP contribution in [0, 0.1) is 17.8 Å². The number of aromatic nitrogens is 1. The number of aliphatic hydroxyl groups excluding tert-OH is 1. The maximum atomic E-state index is 14.2. The molecule has 2 rings (SSSR count). The molecule has 1 aromatic heterocycles. The average molecular weight is 1130 g/mol. The predicted molar refractivity (Wildman–Crippen MR) is 291 cm³/mol. The number of carbonyl (C=O) groups excluding carboxylic acids is 10. The zero-order valence-electron chi connectivity index (χ0n) is 45.8. The van der Waals surface area contributed by atoms with Crippen LogP contribution in [0.25, 0.3) is 10.9 Å². The van der Waals surface area contributed by atoms with Crippen LogP contribution in [0.4, 0.5) is 0 Å². The minimum Gasteiger partial charge on any atom is -0.481 e. The van der Waals surface area contributed by atoms with Gasteiger partial charge in [0.2, 0.25) is 59.1 Å². The molecule has 0 spiro atoms. The van der Waals surface area contributed by atoms with Crippen LogP contribution in [0.5, 0.6) is 0 Å². The van der Waals surface area contributed by atoms with Crippen molar-refractivity contribution in [3.63, 3.8) is 0 Å². The van der Waals surface area contributed by atoms with Gasteiger partial charge in [-0.25, -0.2) is 4.79 Å². The van der Waals surface area contributed by atoms with E-state index in [0.29, 0.717) is 12.0 Å². The summed E-state index contributed by atoms with van der Waals surface area (Å²) in [6.07, 6.45) is -0.725. The number of carboxylic acid groups (broad SMARTS) is 2. The summed E-state index contributed by atoms with van der Waals surface area (Å²) in [5, 5.41) is 50.5. The molecule has 10 amide bonds. The second-order valence-electron chi connectivity index (χ2n) is 20.2. The van der Waals surface area contributed by atoms with Crippen LogP contribution >= 0.6 is 11.8 Å². The van der Waals surface area contributed by atoms with Crippen molar-refractivity contribution in [3.8, 4) is 0 Å². The van der Waals surface area contributed by atoms with Crippen molar-refractivity contribution in [1.29, 1.82) is 0 Å². The van der Waals surface area contributed by atoms with E-state index in [4.69, 9.17) is 17.2 Å². The number of aliphatic hydroxyl groups is 1. The molecule has 27 nitrogen and oxygen atoms in total. The van der Waals surface area contributed by atoms with Crippen LogP contribution in [0.15, 0.2) is 30.5 Å². The first-order valence-corrected chi connectivity index (χ1v) is 27.3. The molecule has 1 heterocycles. The molecule has 1 aromatic carbocycles. The molecule has 0 radical (unpaired) electrons. The van der Waals surface area contributed by atoms with Gasteiger partial charge >= 0.3 is 11.9 Å². The van der Waals surface area contributed by atoms with Crippen LogP contribution in [-0.2, 0) is 64.0 Å². The SMILES string of the molecule is CC[C@H](C)[C@H](NC(=O)[C@H](CCSC)NC(=O)[C@H](CC(=O)O)NC(=O)[C@H](CCC(N)=O)NC(=O)[C@@H](NC(=O)[C@@H](N)Cc1c[nH]c2ccccc12)[C@@H](C)O)C(=O)N[C@@H](CC(C)C)C(=O)N[C@@H](CCC(N)=O)C(=O)N[C@H](C(=O)O)C(C)C. The minimum absolute atomic E-state index is 0.00230. The van der Waals surface area contributed by atoms with Gasteiger partial charge in [-0.15, -0.1) is 0 Å². The Balaban J connectivity index is 2.38. The van der Waals surface area contributed by atoms with E-state index in [-0.39, 0.29) is 43.8 Å². The Morgan fingerprint density at radius 2 is 1.05 bits per heavy atom. The summed E-state index contributed by atoms with van der Waals surface area (Å²) in [5.41, 5.74) is 18.4. The number of primary amides is 2. The number of nitrogens with one attached hydrogen (secondary N) is 9. The second-order valence-corrected chi connectivity index (χ2v) is 21.1. The topological polar surface area (TPSA) is 456 Å². The number of carbonyl (C=O) groups is 12. The Labute approximate surface area is 462 Å². The van der Waals surface area contributed by atoms with Gasteiger partial charge in [0.05, 0.1) is 18.6 Å². The van der Waals surface area contributed by atoms with E-state index in [2.05, 4.69) is 47.5 Å². The quantitative estimate of drug-likeness (QED) is 0.0347. The molecule has 11 atom stereocenters. The Morgan fingerprint density at radius 3 is 1.54 bits per heavy atom. The molecule has 0 saturated heterocycles. The third-order valence-electron chi connectivity index (χ3n) is 12.8. The standard InChI is InChI=1S/C51H80N12O15S/c1-9-26(6)41(49(75)60-35(20-24(2)3)47(73)56-33(15-17-38(54)66)45(71)61-40(25(4)5)51(77)78)62-46(72)34(18-19-79-8)57-48(74)36(22-39(67)68)59-44(70)32(14-16-37(53)65)58-50(76)42(27(7)64)63-43(69)30(52)21-28-23-55-31-13-11-10-12-29(28)31/h10-13,23-27,30,32-36,40-42,55,64H,9,14-22,52H2,1-8H3,(H2,53,65)(H2,54,66)(H,56,73)(H,57,74)(H,58,76)(H,59,70)(H,60,75)(H,61,71)(H,62,72)(H,63,69)(H,67,68)(H,77,78)/t26-,27+,30-,32-,33-,34-,35-,36-,40-,41-,42-/m0/s1. The zero-order chi connectivity index (χ0) is 59.8. The number of aromatic amines is 1. The molecule has 0 aliphatic rings. The van der Waals surface area contributed by atoms with Crippen LogP contribution in [0.2, 0.25) is 0 Å². The third-order valence-corrected chi connectivity index (χ3v) is 13.4. The lowest BCUT2D eigenvalue weighted by Crippen LogP contribution is -2.62. The van der Waals surface area contributed by atoms with Gasteiger partial charge in [0.1, 0.15) is 48.3 Å². The first-order chi connectivity index (χ1) is 37.0. The van der Waals surface area contributed by atoms with Crippen molar-refractivity contribution in [2.24, 2.45) is 35.0 Å². The van der Waals surface area contributed by atoms with E-state index in [1.54, 1.807) is 60.1 Å². The summed E-state index contributed by atoms with van der Waals surface area (Å²) in [6.45, 7) is 11.1. The number of hydrogen-bond donors (Lipinski definition) is 15. The van der Waals surface area contributed by atoms with Gasteiger partial charge in [-0.05, 0) is 80.4 Å². The zero-order valence-corrected chi connectivity index (χ0v) is 46.7. The van der Waals surface area contributed by atoms with E-state index >= 15 is 0 Å². The van der Waals surface area contributed by atoms with Crippen LogP contribution < -0.4 is 59.7 Å². The van der Waals surface area contributed by atoms with Crippen molar-refractivity contribution >= 4 is 93.7 Å². The molecular formula is C51H80N12O15S. The van der Waals surface area contributed by atoms with Crippen molar-refractivity contribution in [3.05, 3.63) is 36.0 Å². The number of carboxylic acids is 2. The maximum Gasteiger partial charge on any atom is 0.326 e. The summed E-state index contributed by atoms with van der Waals surface area (Å²) in [6, 6.07) is -6.32. The lowest BCUT2D eigenvalue weighted by Gasteiger charge is -2.30. The van der Waals surface area contributed by atoms with Gasteiger partial charge in [-0.3, -0.25) is 52.7 Å². The number of thioether (sulfide) groups is 1. The predicted octanol–water partition coefficient (Wildman–Crippen LogP) is -2.11. The number of nitrogens with two attached hydrogens (primary N) is 3. The molecular weight excluding hydrogens is 1050 g/mol. The Kier molecular flexibility index (Phi) is 28.5. The number of rotatable bonds is 36. The van der Waals surface area contributed by atoms with Gasteiger partial charge in [-0.1, -0.05) is 66.2 Å². The number of hydrogen-bond acceptors (Lipinski definition) is 15. The lowest BCUT2D eigenvalue weighted by molar-refractivity contribution is -0.143. The summed E-state index contributed by atoms with van der Waals surface area (Å²) in [5.74, 6) is -13.8. The fourth-order valence-corrected chi connectivity index (χ4v) is 8.53. The molecule has 79 heavy (non-hydrogen) atoms. The van der Waals surface area contributed by atoms with Crippen molar-refractivity contribution in [2.45, 2.75) is 167 Å². The van der Waals surface area contributed by atoms with Gasteiger partial charge in [-0.2, -0.15) is 11.8 Å². The van der Waals surface area contributed by atoms with E-state index < -0.39 is 163 Å². The number of fused-ring (bicyclic) bond motifs is 1. The van der Waals surface area contributed by atoms with E-state index in [1.165, 1.54) is 18.7 Å². The number of H-pyrrole nitrogens is 1.